The van der Waals surface area contributed by atoms with Crippen molar-refractivity contribution >= 4 is 22.7 Å². The van der Waals surface area contributed by atoms with Crippen molar-refractivity contribution in [3.8, 4) is 17.0 Å². The third-order valence-electron chi connectivity index (χ3n) is 4.75. The molecule has 0 fully saturated rings. The standard InChI is InChI=1S/C25H19NO3/c1-16-7-9-19(10-8-16)24-15-22(21-5-3-4-6-23(21)26-24)25(28)29-20-13-11-18(12-14-20)17(2)27/h3-15H,1-2H3. The molecule has 0 atom stereocenters. The number of hydrogen-bond donors (Lipinski definition) is 0. The fourth-order valence-corrected chi connectivity index (χ4v) is 3.14. The molecule has 0 unspecified atom stereocenters. The van der Waals surface area contributed by atoms with Crippen LogP contribution in [0, 0.1) is 6.92 Å². The number of hydrogen-bond acceptors (Lipinski definition) is 4. The van der Waals surface area contributed by atoms with Crippen molar-refractivity contribution in [2.45, 2.75) is 13.8 Å². The Balaban J connectivity index is 1.74. The number of pyridine rings is 1. The third kappa shape index (κ3) is 3.92. The van der Waals surface area contributed by atoms with E-state index in [9.17, 15) is 9.59 Å². The Bertz CT molecular complexity index is 1210. The van der Waals surface area contributed by atoms with E-state index in [-0.39, 0.29) is 5.78 Å². The Morgan fingerprint density at radius 3 is 2.24 bits per heavy atom. The largest absolute Gasteiger partial charge is 0.423 e. The third-order valence-corrected chi connectivity index (χ3v) is 4.75. The molecule has 4 heteroatoms. The maximum absolute atomic E-state index is 13.0. The van der Waals surface area contributed by atoms with E-state index in [1.54, 1.807) is 30.3 Å². The van der Waals surface area contributed by atoms with Crippen molar-refractivity contribution in [3.63, 3.8) is 0 Å². The zero-order valence-electron chi connectivity index (χ0n) is 16.2. The predicted octanol–water partition coefficient (Wildman–Crippen LogP) is 5.63. The lowest BCUT2D eigenvalue weighted by molar-refractivity contribution is 0.0736. The van der Waals surface area contributed by atoms with Crippen LogP contribution in [0.4, 0.5) is 0 Å². The Hall–Kier alpha value is -3.79. The molecular weight excluding hydrogens is 362 g/mol. The first kappa shape index (κ1) is 18.6. The molecule has 142 valence electrons. The first-order valence-corrected chi connectivity index (χ1v) is 9.31. The molecule has 4 nitrogen and oxygen atoms in total. The van der Waals surface area contributed by atoms with Gasteiger partial charge in [-0.25, -0.2) is 9.78 Å². The van der Waals surface area contributed by atoms with E-state index in [0.29, 0.717) is 22.6 Å². The van der Waals surface area contributed by atoms with Gasteiger partial charge in [0.05, 0.1) is 16.8 Å². The molecule has 0 N–H and O–H groups in total. The molecule has 0 aliphatic heterocycles. The summed E-state index contributed by atoms with van der Waals surface area (Å²) in [6.07, 6.45) is 0. The second-order valence-electron chi connectivity index (χ2n) is 6.91. The van der Waals surface area contributed by atoms with Gasteiger partial charge in [-0.15, -0.1) is 0 Å². The number of carbonyl (C=O) groups is 2. The van der Waals surface area contributed by atoms with Crippen LogP contribution >= 0.6 is 0 Å². The fourth-order valence-electron chi connectivity index (χ4n) is 3.14. The molecular formula is C25H19NO3. The van der Waals surface area contributed by atoms with E-state index in [1.807, 2.05) is 55.5 Å². The monoisotopic (exact) mass is 381 g/mol. The lowest BCUT2D eigenvalue weighted by Crippen LogP contribution is -2.10. The van der Waals surface area contributed by atoms with Crippen LogP contribution in [0.5, 0.6) is 5.75 Å². The van der Waals surface area contributed by atoms with Gasteiger partial charge < -0.3 is 4.74 Å². The highest BCUT2D eigenvalue weighted by molar-refractivity contribution is 6.05. The molecule has 4 rings (SSSR count). The molecule has 0 saturated carbocycles. The van der Waals surface area contributed by atoms with Gasteiger partial charge in [-0.1, -0.05) is 48.0 Å². The summed E-state index contributed by atoms with van der Waals surface area (Å²) < 4.78 is 5.58. The number of fused-ring (bicyclic) bond motifs is 1. The maximum Gasteiger partial charge on any atom is 0.344 e. The Kier molecular flexibility index (Phi) is 4.92. The van der Waals surface area contributed by atoms with Gasteiger partial charge in [0.1, 0.15) is 5.75 Å². The first-order valence-electron chi connectivity index (χ1n) is 9.31. The number of aromatic nitrogens is 1. The van der Waals surface area contributed by atoms with Crippen molar-refractivity contribution < 1.29 is 14.3 Å². The summed E-state index contributed by atoms with van der Waals surface area (Å²) in [6, 6.07) is 23.8. The van der Waals surface area contributed by atoms with Crippen molar-refractivity contribution in [3.05, 3.63) is 95.6 Å². The molecule has 1 heterocycles. The van der Waals surface area contributed by atoms with Crippen molar-refractivity contribution in [1.29, 1.82) is 0 Å². The average molecular weight is 381 g/mol. The van der Waals surface area contributed by atoms with Gasteiger partial charge in [0.15, 0.2) is 5.78 Å². The fraction of sp³-hybridized carbons (Fsp3) is 0.0800. The van der Waals surface area contributed by atoms with Crippen molar-refractivity contribution in [2.24, 2.45) is 0 Å². The number of para-hydroxylation sites is 1. The van der Waals surface area contributed by atoms with Gasteiger partial charge in [0.25, 0.3) is 0 Å². The minimum absolute atomic E-state index is 0.0363. The Morgan fingerprint density at radius 1 is 0.862 bits per heavy atom. The second kappa shape index (κ2) is 7.68. The van der Waals surface area contributed by atoms with Gasteiger partial charge >= 0.3 is 5.97 Å². The van der Waals surface area contributed by atoms with E-state index in [1.165, 1.54) is 6.92 Å². The van der Waals surface area contributed by atoms with E-state index >= 15 is 0 Å². The average Bonchev–Trinajstić information content (AvgIpc) is 2.74. The summed E-state index contributed by atoms with van der Waals surface area (Å²) in [4.78, 5) is 29.1. The van der Waals surface area contributed by atoms with E-state index < -0.39 is 5.97 Å². The summed E-state index contributed by atoms with van der Waals surface area (Å²) in [5.41, 5.74) is 4.54. The molecule has 1 aromatic heterocycles. The van der Waals surface area contributed by atoms with Crippen LogP contribution in [0.3, 0.4) is 0 Å². The minimum Gasteiger partial charge on any atom is -0.423 e. The highest BCUT2D eigenvalue weighted by atomic mass is 16.5. The number of carbonyl (C=O) groups excluding carboxylic acids is 2. The van der Waals surface area contributed by atoms with Gasteiger partial charge in [-0.2, -0.15) is 0 Å². The highest BCUT2D eigenvalue weighted by Crippen LogP contribution is 2.26. The molecule has 3 aromatic carbocycles. The van der Waals surface area contributed by atoms with Crippen LogP contribution in [0.2, 0.25) is 0 Å². The summed E-state index contributed by atoms with van der Waals surface area (Å²) in [6.45, 7) is 3.52. The quantitative estimate of drug-likeness (QED) is 0.261. The smallest absolute Gasteiger partial charge is 0.344 e. The van der Waals surface area contributed by atoms with Crippen LogP contribution in [-0.4, -0.2) is 16.7 Å². The zero-order chi connectivity index (χ0) is 20.4. The van der Waals surface area contributed by atoms with Crippen molar-refractivity contribution in [1.82, 2.24) is 4.98 Å². The normalized spacial score (nSPS) is 10.7. The summed E-state index contributed by atoms with van der Waals surface area (Å²) in [5.74, 6) is -0.115. The number of rotatable bonds is 4. The van der Waals surface area contributed by atoms with Crippen molar-refractivity contribution in [2.75, 3.05) is 0 Å². The van der Waals surface area contributed by atoms with Crippen LogP contribution in [-0.2, 0) is 0 Å². The number of Topliss-reactive ketones (excluding diaryl/α,β-unsaturated/α-hetero) is 1. The SMILES string of the molecule is CC(=O)c1ccc(OC(=O)c2cc(-c3ccc(C)cc3)nc3ccccc23)cc1. The molecule has 0 amide bonds. The number of ketones is 1. The van der Waals surface area contributed by atoms with Gasteiger partial charge in [0.2, 0.25) is 0 Å². The molecule has 0 radical (unpaired) electrons. The molecule has 29 heavy (non-hydrogen) atoms. The minimum atomic E-state index is -0.465. The summed E-state index contributed by atoms with van der Waals surface area (Å²) in [5, 5.41) is 0.730. The van der Waals surface area contributed by atoms with Crippen LogP contribution < -0.4 is 4.74 Å². The number of nitrogens with zero attached hydrogens (tertiary/aromatic N) is 1. The lowest BCUT2D eigenvalue weighted by atomic mass is 10.0. The first-order chi connectivity index (χ1) is 14.0. The van der Waals surface area contributed by atoms with Crippen LogP contribution in [0.15, 0.2) is 78.9 Å². The number of aryl methyl sites for hydroxylation is 1. The number of benzene rings is 3. The molecule has 0 aliphatic carbocycles. The van der Waals surface area contributed by atoms with Gasteiger partial charge in [-0.3, -0.25) is 4.79 Å². The predicted molar refractivity (Wildman–Crippen MR) is 113 cm³/mol. The topological polar surface area (TPSA) is 56.3 Å². The number of esters is 1. The van der Waals surface area contributed by atoms with Crippen LogP contribution in [0.1, 0.15) is 33.2 Å². The van der Waals surface area contributed by atoms with E-state index in [0.717, 1.165) is 22.0 Å². The zero-order valence-corrected chi connectivity index (χ0v) is 16.2. The lowest BCUT2D eigenvalue weighted by Gasteiger charge is -2.10. The van der Waals surface area contributed by atoms with Gasteiger partial charge in [-0.05, 0) is 50.2 Å². The molecule has 0 spiro atoms. The van der Waals surface area contributed by atoms with Crippen LogP contribution in [0.25, 0.3) is 22.2 Å². The Morgan fingerprint density at radius 2 is 1.55 bits per heavy atom. The number of ether oxygens (including phenoxy) is 1. The maximum atomic E-state index is 13.0. The van der Waals surface area contributed by atoms with Gasteiger partial charge in [0, 0.05) is 16.5 Å². The summed E-state index contributed by atoms with van der Waals surface area (Å²) >= 11 is 0. The van der Waals surface area contributed by atoms with E-state index in [2.05, 4.69) is 0 Å². The highest BCUT2D eigenvalue weighted by Gasteiger charge is 2.16. The second-order valence-corrected chi connectivity index (χ2v) is 6.91. The summed E-state index contributed by atoms with van der Waals surface area (Å²) in [7, 11) is 0. The van der Waals surface area contributed by atoms with E-state index in [4.69, 9.17) is 9.72 Å². The molecule has 0 saturated heterocycles. The Labute approximate surface area is 168 Å². The molecule has 0 aliphatic rings. The molecule has 0 bridgehead atoms. The molecule has 4 aromatic rings.